The van der Waals surface area contributed by atoms with Crippen molar-refractivity contribution >= 4 is 5.95 Å². The second-order valence-electron chi connectivity index (χ2n) is 4.01. The van der Waals surface area contributed by atoms with Crippen molar-refractivity contribution in [3.8, 4) is 0 Å². The van der Waals surface area contributed by atoms with Gasteiger partial charge in [-0.2, -0.15) is 0 Å². The van der Waals surface area contributed by atoms with E-state index < -0.39 is 0 Å². The van der Waals surface area contributed by atoms with Crippen LogP contribution in [0.2, 0.25) is 0 Å². The fourth-order valence-corrected chi connectivity index (χ4v) is 1.68. The Kier molecular flexibility index (Phi) is 3.59. The highest BCUT2D eigenvalue weighted by atomic mass is 15.1. The molecule has 0 radical (unpaired) electrons. The van der Waals surface area contributed by atoms with Crippen molar-refractivity contribution in [3.05, 3.63) is 48.3 Å². The van der Waals surface area contributed by atoms with Gasteiger partial charge in [0.2, 0.25) is 0 Å². The summed E-state index contributed by atoms with van der Waals surface area (Å²) in [6.45, 7) is 2.17. The minimum atomic E-state index is 0.423. The summed E-state index contributed by atoms with van der Waals surface area (Å²) in [5.41, 5.74) is 1.38. The summed E-state index contributed by atoms with van der Waals surface area (Å²) in [5.74, 6) is 0.848. The van der Waals surface area contributed by atoms with E-state index in [1.165, 1.54) is 5.56 Å². The van der Waals surface area contributed by atoms with Gasteiger partial charge in [0.05, 0.1) is 0 Å². The number of benzene rings is 1. The molecule has 84 valence electrons. The monoisotopic (exact) mass is 215 g/mol. The number of aryl methyl sites for hydroxylation is 1. The molecule has 2 N–H and O–H groups in total. The Morgan fingerprint density at radius 3 is 2.81 bits per heavy atom. The van der Waals surface area contributed by atoms with Crippen molar-refractivity contribution in [2.24, 2.45) is 0 Å². The third-order valence-corrected chi connectivity index (χ3v) is 2.59. The van der Waals surface area contributed by atoms with Crippen LogP contribution in [0.4, 0.5) is 5.95 Å². The van der Waals surface area contributed by atoms with Crippen LogP contribution >= 0.6 is 0 Å². The van der Waals surface area contributed by atoms with Crippen LogP contribution in [0.25, 0.3) is 0 Å². The van der Waals surface area contributed by atoms with Crippen LogP contribution in [0.1, 0.15) is 18.9 Å². The second kappa shape index (κ2) is 5.35. The van der Waals surface area contributed by atoms with E-state index in [0.717, 1.165) is 18.8 Å². The predicted molar refractivity (Wildman–Crippen MR) is 66.4 cm³/mol. The first kappa shape index (κ1) is 10.7. The van der Waals surface area contributed by atoms with Crippen molar-refractivity contribution < 1.29 is 0 Å². The number of nitrogens with one attached hydrogen (secondary N) is 2. The maximum atomic E-state index is 4.14. The summed E-state index contributed by atoms with van der Waals surface area (Å²) in [6, 6.07) is 11.0. The van der Waals surface area contributed by atoms with Crippen LogP contribution in [-0.4, -0.2) is 16.0 Å². The molecule has 3 heteroatoms. The molecule has 1 atom stereocenters. The molecular formula is C13H17N3. The molecule has 0 fully saturated rings. The van der Waals surface area contributed by atoms with Gasteiger partial charge in [0.1, 0.15) is 0 Å². The number of rotatable bonds is 5. The Morgan fingerprint density at radius 1 is 1.31 bits per heavy atom. The molecule has 2 aromatic rings. The summed E-state index contributed by atoms with van der Waals surface area (Å²) < 4.78 is 0. The van der Waals surface area contributed by atoms with E-state index in [-0.39, 0.29) is 0 Å². The Morgan fingerprint density at radius 2 is 2.12 bits per heavy atom. The number of nitrogens with zero attached hydrogens (tertiary/aromatic N) is 1. The summed E-state index contributed by atoms with van der Waals surface area (Å²) in [5, 5.41) is 3.33. The molecule has 0 aliphatic heterocycles. The summed E-state index contributed by atoms with van der Waals surface area (Å²) in [7, 11) is 0. The first-order valence-corrected chi connectivity index (χ1v) is 5.64. The Hall–Kier alpha value is -1.77. The quantitative estimate of drug-likeness (QED) is 0.805. The molecular weight excluding hydrogens is 198 g/mol. The molecule has 16 heavy (non-hydrogen) atoms. The molecule has 3 nitrogen and oxygen atoms in total. The average Bonchev–Trinajstić information content (AvgIpc) is 2.81. The standard InChI is InChI=1S/C13H17N3/c1-11(16-13-14-9-10-15-13)7-8-12-5-3-2-4-6-12/h2-6,9-11H,7-8H2,1H3,(H2,14,15,16). The first-order valence-electron chi connectivity index (χ1n) is 5.64. The highest BCUT2D eigenvalue weighted by Crippen LogP contribution is 2.07. The van der Waals surface area contributed by atoms with Crippen molar-refractivity contribution in [1.82, 2.24) is 9.97 Å². The van der Waals surface area contributed by atoms with Gasteiger partial charge >= 0.3 is 0 Å². The maximum Gasteiger partial charge on any atom is 0.200 e. The summed E-state index contributed by atoms with van der Waals surface area (Å²) in [4.78, 5) is 7.19. The normalized spacial score (nSPS) is 12.3. The molecule has 0 aliphatic carbocycles. The minimum Gasteiger partial charge on any atom is -0.353 e. The first-order chi connectivity index (χ1) is 7.84. The zero-order valence-corrected chi connectivity index (χ0v) is 9.48. The summed E-state index contributed by atoms with van der Waals surface area (Å²) in [6.07, 6.45) is 5.78. The molecule has 0 bridgehead atoms. The van der Waals surface area contributed by atoms with Gasteiger partial charge in [-0.15, -0.1) is 0 Å². The van der Waals surface area contributed by atoms with Gasteiger partial charge in [-0.05, 0) is 25.3 Å². The summed E-state index contributed by atoms with van der Waals surface area (Å²) >= 11 is 0. The molecule has 1 aromatic heterocycles. The number of hydrogen-bond donors (Lipinski definition) is 2. The fourth-order valence-electron chi connectivity index (χ4n) is 1.68. The number of hydrogen-bond acceptors (Lipinski definition) is 2. The highest BCUT2D eigenvalue weighted by molar-refractivity contribution is 5.24. The number of imidazole rings is 1. The number of aromatic nitrogens is 2. The lowest BCUT2D eigenvalue weighted by Crippen LogP contribution is -2.16. The maximum absolute atomic E-state index is 4.14. The molecule has 0 saturated heterocycles. The van der Waals surface area contributed by atoms with Crippen LogP contribution in [0.15, 0.2) is 42.7 Å². The zero-order valence-electron chi connectivity index (χ0n) is 9.48. The molecule has 0 amide bonds. The van der Waals surface area contributed by atoms with Gasteiger partial charge in [0.15, 0.2) is 5.95 Å². The van der Waals surface area contributed by atoms with E-state index in [1.807, 2.05) is 12.3 Å². The zero-order chi connectivity index (χ0) is 11.2. The second-order valence-corrected chi connectivity index (χ2v) is 4.01. The van der Waals surface area contributed by atoms with Crippen LogP contribution in [0.5, 0.6) is 0 Å². The lowest BCUT2D eigenvalue weighted by atomic mass is 10.1. The van der Waals surface area contributed by atoms with Gasteiger partial charge in [-0.3, -0.25) is 0 Å². The van der Waals surface area contributed by atoms with E-state index in [1.54, 1.807) is 6.20 Å². The van der Waals surface area contributed by atoms with Crippen molar-refractivity contribution in [1.29, 1.82) is 0 Å². The molecule has 0 saturated carbocycles. The van der Waals surface area contributed by atoms with Crippen LogP contribution in [0.3, 0.4) is 0 Å². The van der Waals surface area contributed by atoms with Crippen molar-refractivity contribution in [3.63, 3.8) is 0 Å². The number of aromatic amines is 1. The Bertz CT molecular complexity index is 394. The van der Waals surface area contributed by atoms with Gasteiger partial charge in [0.25, 0.3) is 0 Å². The minimum absolute atomic E-state index is 0.423. The lowest BCUT2D eigenvalue weighted by molar-refractivity contribution is 0.700. The van der Waals surface area contributed by atoms with E-state index in [4.69, 9.17) is 0 Å². The van der Waals surface area contributed by atoms with Crippen LogP contribution in [0, 0.1) is 0 Å². The van der Waals surface area contributed by atoms with Crippen molar-refractivity contribution in [2.75, 3.05) is 5.32 Å². The number of H-pyrrole nitrogens is 1. The molecule has 1 aromatic carbocycles. The fraction of sp³-hybridized carbons (Fsp3) is 0.308. The SMILES string of the molecule is CC(CCc1ccccc1)Nc1ncc[nH]1. The van der Waals surface area contributed by atoms with Gasteiger partial charge in [-0.1, -0.05) is 30.3 Å². The van der Waals surface area contributed by atoms with E-state index in [2.05, 4.69) is 46.5 Å². The van der Waals surface area contributed by atoms with Crippen molar-refractivity contribution in [2.45, 2.75) is 25.8 Å². The van der Waals surface area contributed by atoms with Gasteiger partial charge in [0, 0.05) is 18.4 Å². The highest BCUT2D eigenvalue weighted by Gasteiger charge is 2.03. The smallest absolute Gasteiger partial charge is 0.200 e. The topological polar surface area (TPSA) is 40.7 Å². The average molecular weight is 215 g/mol. The third-order valence-electron chi connectivity index (χ3n) is 2.59. The van der Waals surface area contributed by atoms with E-state index >= 15 is 0 Å². The van der Waals surface area contributed by atoms with Gasteiger partial charge < -0.3 is 10.3 Å². The third kappa shape index (κ3) is 3.12. The molecule has 1 heterocycles. The largest absolute Gasteiger partial charge is 0.353 e. The van der Waals surface area contributed by atoms with E-state index in [9.17, 15) is 0 Å². The van der Waals surface area contributed by atoms with E-state index in [0.29, 0.717) is 6.04 Å². The van der Waals surface area contributed by atoms with Crippen LogP contribution < -0.4 is 5.32 Å². The predicted octanol–water partition coefficient (Wildman–Crippen LogP) is 2.84. The lowest BCUT2D eigenvalue weighted by Gasteiger charge is -2.12. The Labute approximate surface area is 95.9 Å². The molecule has 0 spiro atoms. The molecule has 1 unspecified atom stereocenters. The molecule has 0 aliphatic rings. The number of anilines is 1. The Balaban J connectivity index is 1.78. The van der Waals surface area contributed by atoms with Gasteiger partial charge in [-0.25, -0.2) is 4.98 Å². The van der Waals surface area contributed by atoms with Crippen LogP contribution in [-0.2, 0) is 6.42 Å². The molecule has 2 rings (SSSR count).